The average molecular weight is 359 g/mol. The van der Waals surface area contributed by atoms with E-state index in [1.165, 1.54) is 6.92 Å². The highest BCUT2D eigenvalue weighted by molar-refractivity contribution is 7.80. The summed E-state index contributed by atoms with van der Waals surface area (Å²) >= 11 is 4.32. The molecule has 0 heterocycles. The third kappa shape index (κ3) is 3.63. The van der Waals surface area contributed by atoms with Gasteiger partial charge in [-0.05, 0) is 50.9 Å². The highest BCUT2D eigenvalue weighted by Gasteiger charge is 2.61. The van der Waals surface area contributed by atoms with Crippen molar-refractivity contribution >= 4 is 18.6 Å². The molecule has 0 aromatic rings. The Hall–Kier alpha value is -0.260. The number of esters is 1. The van der Waals surface area contributed by atoms with Gasteiger partial charge in [0.25, 0.3) is 0 Å². The van der Waals surface area contributed by atoms with Gasteiger partial charge in [-0.25, -0.2) is 0 Å². The van der Waals surface area contributed by atoms with Crippen LogP contribution in [-0.2, 0) is 14.3 Å². The Morgan fingerprint density at radius 2 is 1.88 bits per heavy atom. The second kappa shape index (κ2) is 6.81. The Balaban J connectivity index is 2.30. The van der Waals surface area contributed by atoms with Crippen LogP contribution in [-0.4, -0.2) is 34.8 Å². The first kappa shape index (κ1) is 20.1. The number of rotatable bonds is 4. The van der Waals surface area contributed by atoms with E-state index in [1.807, 2.05) is 13.8 Å². The van der Waals surface area contributed by atoms with Gasteiger partial charge in [0.15, 0.2) is 0 Å². The zero-order valence-corrected chi connectivity index (χ0v) is 16.9. The second-order valence-electron chi connectivity index (χ2n) is 8.90. The molecule has 2 aliphatic carbocycles. The van der Waals surface area contributed by atoms with E-state index in [2.05, 4.69) is 33.4 Å². The van der Waals surface area contributed by atoms with Crippen LogP contribution in [0.1, 0.15) is 67.2 Å². The Bertz CT molecular complexity index is 474. The fraction of sp³-hybridized carbons (Fsp3) is 0.947. The number of hydrogen-bond acceptors (Lipinski definition) is 5. The second-order valence-corrected chi connectivity index (χ2v) is 9.62. The van der Waals surface area contributed by atoms with E-state index in [0.29, 0.717) is 12.5 Å². The minimum absolute atomic E-state index is 0.0371. The van der Waals surface area contributed by atoms with Gasteiger partial charge in [-0.1, -0.05) is 20.8 Å². The van der Waals surface area contributed by atoms with Gasteiger partial charge in [0, 0.05) is 18.3 Å². The Morgan fingerprint density at radius 3 is 2.42 bits per heavy atom. The highest BCUT2D eigenvalue weighted by Crippen LogP contribution is 2.62. The van der Waals surface area contributed by atoms with Crippen molar-refractivity contribution in [3.63, 3.8) is 0 Å². The molecular weight excluding hydrogens is 324 g/mol. The average Bonchev–Trinajstić information content (AvgIpc) is 2.40. The van der Waals surface area contributed by atoms with Crippen LogP contribution in [0.5, 0.6) is 0 Å². The van der Waals surface area contributed by atoms with Crippen molar-refractivity contribution in [2.75, 3.05) is 6.61 Å². The summed E-state index contributed by atoms with van der Waals surface area (Å²) in [5.41, 5.74) is -1.03. The van der Waals surface area contributed by atoms with Crippen LogP contribution < -0.4 is 0 Å². The molecule has 2 rings (SSSR count). The van der Waals surface area contributed by atoms with E-state index in [-0.39, 0.29) is 34.3 Å². The molecular formula is C19H34O4S. The van der Waals surface area contributed by atoms with Crippen LogP contribution in [0.15, 0.2) is 0 Å². The Morgan fingerprint density at radius 1 is 1.25 bits per heavy atom. The molecule has 0 aromatic carbocycles. The number of carbonyl (C=O) groups is 1. The van der Waals surface area contributed by atoms with Gasteiger partial charge in [-0.3, -0.25) is 4.79 Å². The fourth-order valence-corrected chi connectivity index (χ4v) is 5.61. The lowest BCUT2D eigenvalue weighted by Crippen LogP contribution is -2.62. The fourth-order valence-electron chi connectivity index (χ4n) is 5.52. The van der Waals surface area contributed by atoms with Crippen molar-refractivity contribution < 1.29 is 19.4 Å². The van der Waals surface area contributed by atoms with Crippen LogP contribution in [0.4, 0.5) is 0 Å². The summed E-state index contributed by atoms with van der Waals surface area (Å²) < 4.78 is 11.5. The standard InChI is InChI=1S/C19H34O4S/c1-12(20)23-16-8-9-18(5)14(17(16,3)4)7-10-19(6,21)15(18)11-22-13(2)24/h13-16,21,24H,7-11H2,1-6H3. The zero-order valence-electron chi connectivity index (χ0n) is 16.0. The summed E-state index contributed by atoms with van der Waals surface area (Å²) in [7, 11) is 0. The van der Waals surface area contributed by atoms with E-state index in [9.17, 15) is 9.90 Å². The molecule has 24 heavy (non-hydrogen) atoms. The van der Waals surface area contributed by atoms with Crippen molar-refractivity contribution in [2.24, 2.45) is 22.7 Å². The smallest absolute Gasteiger partial charge is 0.302 e. The molecule has 0 aliphatic heterocycles. The molecule has 5 heteroatoms. The summed E-state index contributed by atoms with van der Waals surface area (Å²) in [6.07, 6.45) is 3.41. The van der Waals surface area contributed by atoms with Gasteiger partial charge >= 0.3 is 5.97 Å². The maximum Gasteiger partial charge on any atom is 0.302 e. The molecule has 2 saturated carbocycles. The monoisotopic (exact) mass is 358 g/mol. The molecule has 1 N–H and O–H groups in total. The SMILES string of the molecule is CC(=O)OC1CCC2(C)C(COC(C)S)C(C)(O)CCC2C1(C)C. The van der Waals surface area contributed by atoms with Crippen LogP contribution in [0.2, 0.25) is 0 Å². The maximum atomic E-state index is 11.5. The predicted octanol–water partition coefficient (Wildman–Crippen LogP) is 3.81. The first-order chi connectivity index (χ1) is 10.9. The lowest BCUT2D eigenvalue weighted by Gasteiger charge is -2.62. The lowest BCUT2D eigenvalue weighted by atomic mass is 9.45. The normalized spacial score (nSPS) is 42.9. The Kier molecular flexibility index (Phi) is 5.69. The molecule has 2 aliphatic rings. The van der Waals surface area contributed by atoms with E-state index in [1.54, 1.807) is 0 Å². The van der Waals surface area contributed by atoms with Crippen LogP contribution in [0.25, 0.3) is 0 Å². The molecule has 6 atom stereocenters. The Labute approximate surface area is 152 Å². The number of fused-ring (bicyclic) bond motifs is 1. The van der Waals surface area contributed by atoms with E-state index < -0.39 is 5.60 Å². The van der Waals surface area contributed by atoms with Crippen molar-refractivity contribution in [1.29, 1.82) is 0 Å². The van der Waals surface area contributed by atoms with E-state index in [0.717, 1.165) is 25.7 Å². The topological polar surface area (TPSA) is 55.8 Å². The van der Waals surface area contributed by atoms with Crippen molar-refractivity contribution in [3.8, 4) is 0 Å². The molecule has 0 saturated heterocycles. The maximum absolute atomic E-state index is 11.5. The summed E-state index contributed by atoms with van der Waals surface area (Å²) in [4.78, 5) is 11.5. The summed E-state index contributed by atoms with van der Waals surface area (Å²) in [6, 6.07) is 0. The largest absolute Gasteiger partial charge is 0.462 e. The van der Waals surface area contributed by atoms with E-state index >= 15 is 0 Å². The minimum atomic E-state index is -0.738. The predicted molar refractivity (Wildman–Crippen MR) is 97.9 cm³/mol. The van der Waals surface area contributed by atoms with E-state index in [4.69, 9.17) is 9.47 Å². The van der Waals surface area contributed by atoms with Gasteiger partial charge in [0.2, 0.25) is 0 Å². The number of carbonyl (C=O) groups excluding carboxylic acids is 1. The van der Waals surface area contributed by atoms with Gasteiger partial charge < -0.3 is 14.6 Å². The van der Waals surface area contributed by atoms with Crippen molar-refractivity contribution in [3.05, 3.63) is 0 Å². The molecule has 140 valence electrons. The third-order valence-corrected chi connectivity index (χ3v) is 6.92. The number of aliphatic hydroxyl groups is 1. The molecule has 0 spiro atoms. The molecule has 0 amide bonds. The molecule has 6 unspecified atom stereocenters. The third-order valence-electron chi connectivity index (χ3n) is 6.77. The van der Waals surface area contributed by atoms with Gasteiger partial charge in [-0.2, -0.15) is 0 Å². The zero-order chi connectivity index (χ0) is 18.3. The molecule has 0 radical (unpaired) electrons. The summed E-state index contributed by atoms with van der Waals surface area (Å²) in [5.74, 6) is 0.228. The van der Waals surface area contributed by atoms with Crippen LogP contribution >= 0.6 is 12.6 Å². The molecule has 2 fully saturated rings. The molecule has 4 nitrogen and oxygen atoms in total. The van der Waals surface area contributed by atoms with Crippen LogP contribution in [0, 0.1) is 22.7 Å². The highest BCUT2D eigenvalue weighted by atomic mass is 32.1. The van der Waals surface area contributed by atoms with Gasteiger partial charge in [0.1, 0.15) is 6.10 Å². The first-order valence-electron chi connectivity index (χ1n) is 9.10. The number of ether oxygens (including phenoxy) is 2. The number of thiol groups is 1. The summed E-state index contributed by atoms with van der Waals surface area (Å²) in [6.45, 7) is 12.6. The quantitative estimate of drug-likeness (QED) is 0.456. The van der Waals surface area contributed by atoms with Crippen molar-refractivity contribution in [2.45, 2.75) is 84.4 Å². The van der Waals surface area contributed by atoms with Gasteiger partial charge in [0.05, 0.1) is 17.6 Å². The lowest BCUT2D eigenvalue weighted by molar-refractivity contribution is -0.215. The number of hydrogen-bond donors (Lipinski definition) is 2. The summed E-state index contributed by atoms with van der Waals surface area (Å²) in [5, 5.41) is 11.0. The van der Waals surface area contributed by atoms with Crippen LogP contribution in [0.3, 0.4) is 0 Å². The first-order valence-corrected chi connectivity index (χ1v) is 9.62. The molecule has 0 bridgehead atoms. The molecule has 0 aromatic heterocycles. The minimum Gasteiger partial charge on any atom is -0.462 e. The van der Waals surface area contributed by atoms with Crippen molar-refractivity contribution in [1.82, 2.24) is 0 Å². The van der Waals surface area contributed by atoms with Gasteiger partial charge in [-0.15, -0.1) is 12.6 Å².